The van der Waals surface area contributed by atoms with Crippen molar-refractivity contribution < 1.29 is 14.9 Å². The molecule has 0 saturated heterocycles. The lowest BCUT2D eigenvalue weighted by Crippen LogP contribution is -2.07. The molecule has 0 bridgehead atoms. The van der Waals surface area contributed by atoms with E-state index in [1.165, 1.54) is 11.1 Å². The molecule has 2 atom stereocenters. The highest BCUT2D eigenvalue weighted by atomic mass is 17.2. The van der Waals surface area contributed by atoms with Crippen molar-refractivity contribution >= 4 is 0 Å². The van der Waals surface area contributed by atoms with Crippen LogP contribution in [0, 0.1) is 0 Å². The monoisotopic (exact) mass is 236 g/mol. The van der Waals surface area contributed by atoms with E-state index >= 15 is 0 Å². The van der Waals surface area contributed by atoms with Crippen LogP contribution in [0.4, 0.5) is 0 Å². The van der Waals surface area contributed by atoms with Gasteiger partial charge in [0.15, 0.2) is 0 Å². The molecule has 0 heterocycles. The minimum Gasteiger partial charge on any atom is -0.396 e. The van der Waals surface area contributed by atoms with Gasteiger partial charge >= 0.3 is 0 Å². The van der Waals surface area contributed by atoms with E-state index in [9.17, 15) is 0 Å². The van der Waals surface area contributed by atoms with Crippen molar-refractivity contribution in [1.29, 1.82) is 0 Å². The molecule has 0 aromatic heterocycles. The summed E-state index contributed by atoms with van der Waals surface area (Å²) >= 11 is 0. The molecule has 2 rings (SSSR count). The number of aliphatic hydroxyl groups is 1. The summed E-state index contributed by atoms with van der Waals surface area (Å²) < 4.78 is 0. The number of hydrogen-bond acceptors (Lipinski definition) is 3. The zero-order valence-corrected chi connectivity index (χ0v) is 10.3. The van der Waals surface area contributed by atoms with Crippen molar-refractivity contribution in [3.05, 3.63) is 35.4 Å². The van der Waals surface area contributed by atoms with Crippen molar-refractivity contribution in [3.8, 4) is 0 Å². The van der Waals surface area contributed by atoms with Crippen LogP contribution < -0.4 is 0 Å². The van der Waals surface area contributed by atoms with Crippen LogP contribution in [-0.4, -0.2) is 24.9 Å². The van der Waals surface area contributed by atoms with Crippen LogP contribution in [-0.2, 0) is 16.2 Å². The normalized spacial score (nSPS) is 24.1. The second kappa shape index (κ2) is 6.15. The topological polar surface area (TPSA) is 38.7 Å². The third-order valence-corrected chi connectivity index (χ3v) is 3.47. The molecular weight excluding hydrogens is 216 g/mol. The van der Waals surface area contributed by atoms with E-state index < -0.39 is 0 Å². The van der Waals surface area contributed by atoms with Crippen molar-refractivity contribution in [1.82, 2.24) is 0 Å². The van der Waals surface area contributed by atoms with Gasteiger partial charge in [-0.2, -0.15) is 0 Å². The minimum absolute atomic E-state index is 0.215. The maximum absolute atomic E-state index is 8.86. The average Bonchev–Trinajstić information content (AvgIpc) is 2.80. The molecule has 3 nitrogen and oxygen atoms in total. The molecule has 1 aromatic rings. The van der Waals surface area contributed by atoms with Crippen LogP contribution in [0.25, 0.3) is 0 Å². The van der Waals surface area contributed by atoms with E-state index in [0.29, 0.717) is 5.92 Å². The second-order valence-electron chi connectivity index (χ2n) is 4.61. The Morgan fingerprint density at radius 1 is 1.24 bits per heavy atom. The lowest BCUT2D eigenvalue weighted by atomic mass is 9.96. The molecule has 1 aliphatic rings. The van der Waals surface area contributed by atoms with Gasteiger partial charge in [-0.05, 0) is 42.7 Å². The summed E-state index contributed by atoms with van der Waals surface area (Å²) in [5.41, 5.74) is 2.56. The first-order valence-electron chi connectivity index (χ1n) is 6.22. The molecule has 0 amide bonds. The second-order valence-corrected chi connectivity index (χ2v) is 4.61. The first kappa shape index (κ1) is 12.6. The Labute approximate surface area is 102 Å². The first-order chi connectivity index (χ1) is 8.33. The fraction of sp³-hybridized carbons (Fsp3) is 0.571. The predicted octanol–water partition coefficient (Wildman–Crippen LogP) is 2.44. The molecule has 0 radical (unpaired) electrons. The third kappa shape index (κ3) is 3.28. The molecule has 1 aromatic carbocycles. The maximum atomic E-state index is 8.86. The highest BCUT2D eigenvalue weighted by molar-refractivity contribution is 5.26. The fourth-order valence-corrected chi connectivity index (χ4v) is 2.55. The molecule has 3 heteroatoms. The molecule has 1 saturated carbocycles. The number of benzene rings is 1. The van der Waals surface area contributed by atoms with Gasteiger partial charge in [0.1, 0.15) is 0 Å². The van der Waals surface area contributed by atoms with Gasteiger partial charge in [-0.3, -0.25) is 0 Å². The molecule has 2 unspecified atom stereocenters. The van der Waals surface area contributed by atoms with E-state index in [1.54, 1.807) is 7.11 Å². The van der Waals surface area contributed by atoms with Gasteiger partial charge in [-0.25, -0.2) is 9.78 Å². The van der Waals surface area contributed by atoms with E-state index in [4.69, 9.17) is 14.9 Å². The van der Waals surface area contributed by atoms with Crippen LogP contribution in [0.1, 0.15) is 36.3 Å². The summed E-state index contributed by atoms with van der Waals surface area (Å²) in [6.45, 7) is 0.215. The fourth-order valence-electron chi connectivity index (χ4n) is 2.55. The van der Waals surface area contributed by atoms with Gasteiger partial charge in [-0.15, -0.1) is 0 Å². The summed E-state index contributed by atoms with van der Waals surface area (Å²) in [4.78, 5) is 9.92. The lowest BCUT2D eigenvalue weighted by molar-refractivity contribution is -0.302. The molecular formula is C14H20O3. The summed E-state index contributed by atoms with van der Waals surface area (Å²) in [6.07, 6.45) is 4.24. The predicted molar refractivity (Wildman–Crippen MR) is 65.7 cm³/mol. The zero-order chi connectivity index (χ0) is 12.1. The number of rotatable bonds is 5. The summed E-state index contributed by atoms with van der Waals surface area (Å²) in [6, 6.07) is 8.56. The van der Waals surface area contributed by atoms with Crippen molar-refractivity contribution in [3.63, 3.8) is 0 Å². The van der Waals surface area contributed by atoms with Crippen LogP contribution in [0.3, 0.4) is 0 Å². The van der Waals surface area contributed by atoms with Gasteiger partial charge in [0, 0.05) is 6.61 Å². The molecule has 0 spiro atoms. The molecule has 94 valence electrons. The zero-order valence-electron chi connectivity index (χ0n) is 10.3. The van der Waals surface area contributed by atoms with Crippen LogP contribution in [0.5, 0.6) is 0 Å². The maximum Gasteiger partial charge on any atom is 0.0935 e. The Hall–Kier alpha value is -0.900. The molecule has 1 N–H and O–H groups in total. The molecule has 1 fully saturated rings. The number of hydrogen-bond donors (Lipinski definition) is 1. The van der Waals surface area contributed by atoms with Gasteiger partial charge < -0.3 is 5.11 Å². The van der Waals surface area contributed by atoms with Gasteiger partial charge in [0.05, 0.1) is 13.2 Å². The van der Waals surface area contributed by atoms with E-state index in [0.717, 1.165) is 25.7 Å². The van der Waals surface area contributed by atoms with E-state index in [2.05, 4.69) is 24.3 Å². The minimum atomic E-state index is 0.215. The summed E-state index contributed by atoms with van der Waals surface area (Å²) in [5.74, 6) is 0.582. The Morgan fingerprint density at radius 3 is 2.65 bits per heavy atom. The standard InChI is InChI=1S/C14H20O3/c1-16-17-14-7-6-13(10-14)12-4-2-11(3-5-12)8-9-15/h2-5,13-15H,6-10H2,1H3. The van der Waals surface area contributed by atoms with Crippen molar-refractivity contribution in [2.75, 3.05) is 13.7 Å². The van der Waals surface area contributed by atoms with Crippen LogP contribution >= 0.6 is 0 Å². The van der Waals surface area contributed by atoms with Crippen molar-refractivity contribution in [2.45, 2.75) is 37.7 Å². The Morgan fingerprint density at radius 2 is 2.00 bits per heavy atom. The Bertz CT molecular complexity index is 334. The summed E-state index contributed by atoms with van der Waals surface area (Å²) in [7, 11) is 1.57. The van der Waals surface area contributed by atoms with Gasteiger partial charge in [-0.1, -0.05) is 24.3 Å². The number of aliphatic hydroxyl groups excluding tert-OH is 1. The van der Waals surface area contributed by atoms with Gasteiger partial charge in [0.25, 0.3) is 0 Å². The van der Waals surface area contributed by atoms with Crippen LogP contribution in [0.15, 0.2) is 24.3 Å². The average molecular weight is 236 g/mol. The van der Waals surface area contributed by atoms with E-state index in [-0.39, 0.29) is 12.7 Å². The highest BCUT2D eigenvalue weighted by Crippen LogP contribution is 2.35. The first-order valence-corrected chi connectivity index (χ1v) is 6.22. The quantitative estimate of drug-likeness (QED) is 0.630. The molecule has 1 aliphatic carbocycles. The third-order valence-electron chi connectivity index (χ3n) is 3.47. The van der Waals surface area contributed by atoms with Crippen LogP contribution in [0.2, 0.25) is 0 Å². The highest BCUT2D eigenvalue weighted by Gasteiger charge is 2.26. The lowest BCUT2D eigenvalue weighted by Gasteiger charge is -2.11. The van der Waals surface area contributed by atoms with Gasteiger partial charge in [0.2, 0.25) is 0 Å². The van der Waals surface area contributed by atoms with Crippen molar-refractivity contribution in [2.24, 2.45) is 0 Å². The van der Waals surface area contributed by atoms with E-state index in [1.807, 2.05) is 0 Å². The SMILES string of the molecule is COOC1CCC(c2ccc(CCO)cc2)C1. The Kier molecular flexibility index (Phi) is 4.54. The largest absolute Gasteiger partial charge is 0.396 e. The Balaban J connectivity index is 1.94. The molecule has 17 heavy (non-hydrogen) atoms. The summed E-state index contributed by atoms with van der Waals surface area (Å²) in [5, 5.41) is 8.86. The smallest absolute Gasteiger partial charge is 0.0935 e. The molecule has 0 aliphatic heterocycles.